The highest BCUT2D eigenvalue weighted by Gasteiger charge is 2.35. The van der Waals surface area contributed by atoms with E-state index in [4.69, 9.17) is 5.73 Å². The molecule has 94 valence electrons. The van der Waals surface area contributed by atoms with Gasteiger partial charge in [-0.2, -0.15) is 0 Å². The fourth-order valence-electron chi connectivity index (χ4n) is 2.86. The van der Waals surface area contributed by atoms with Crippen LogP contribution in [0.2, 0.25) is 0 Å². The lowest BCUT2D eigenvalue weighted by Gasteiger charge is -2.40. The molecule has 0 heterocycles. The first-order chi connectivity index (χ1) is 7.92. The molecular weight excluding hydrogens is 213 g/mol. The number of halogens is 1. The fourth-order valence-corrected chi connectivity index (χ4v) is 2.86. The molecule has 0 radical (unpaired) electrons. The van der Waals surface area contributed by atoms with E-state index >= 15 is 0 Å². The number of benzene rings is 1. The Balaban J connectivity index is 2.29. The summed E-state index contributed by atoms with van der Waals surface area (Å²) in [6, 6.07) is 5.31. The van der Waals surface area contributed by atoms with Gasteiger partial charge in [-0.05, 0) is 55.2 Å². The Morgan fingerprint density at radius 2 is 2.00 bits per heavy atom. The maximum Gasteiger partial charge on any atom is 0.126 e. The molecule has 1 aromatic carbocycles. The Morgan fingerprint density at radius 1 is 1.29 bits per heavy atom. The van der Waals surface area contributed by atoms with Gasteiger partial charge >= 0.3 is 0 Å². The second-order valence-electron chi connectivity index (χ2n) is 5.82. The molecule has 1 saturated carbocycles. The van der Waals surface area contributed by atoms with Crippen molar-refractivity contribution >= 4 is 0 Å². The molecule has 2 N–H and O–H groups in total. The van der Waals surface area contributed by atoms with E-state index < -0.39 is 0 Å². The summed E-state index contributed by atoms with van der Waals surface area (Å²) in [6.07, 6.45) is 3.16. The summed E-state index contributed by atoms with van der Waals surface area (Å²) in [5.74, 6) is 1.24. The number of hydrogen-bond acceptors (Lipinski definition) is 1. The van der Waals surface area contributed by atoms with Crippen molar-refractivity contribution in [3.05, 3.63) is 35.1 Å². The van der Waals surface area contributed by atoms with Crippen molar-refractivity contribution in [2.75, 3.05) is 0 Å². The molecule has 0 spiro atoms. The maximum atomic E-state index is 13.3. The largest absolute Gasteiger partial charge is 0.321 e. The average molecular weight is 235 g/mol. The van der Waals surface area contributed by atoms with Crippen molar-refractivity contribution in [3.8, 4) is 0 Å². The van der Waals surface area contributed by atoms with E-state index in [1.165, 1.54) is 0 Å². The van der Waals surface area contributed by atoms with Crippen molar-refractivity contribution in [2.45, 2.75) is 45.6 Å². The average Bonchev–Trinajstić information content (AvgIpc) is 2.28. The summed E-state index contributed by atoms with van der Waals surface area (Å²) >= 11 is 0. The van der Waals surface area contributed by atoms with Crippen molar-refractivity contribution in [2.24, 2.45) is 17.6 Å². The van der Waals surface area contributed by atoms with Crippen LogP contribution < -0.4 is 5.73 Å². The highest BCUT2D eigenvalue weighted by atomic mass is 19.1. The van der Waals surface area contributed by atoms with Gasteiger partial charge in [0.05, 0.1) is 0 Å². The SMILES string of the molecule is Cc1cc(C2(N)CCC(C)C(C)C2)ccc1F. The smallest absolute Gasteiger partial charge is 0.126 e. The molecule has 0 bridgehead atoms. The van der Waals surface area contributed by atoms with Gasteiger partial charge in [0.1, 0.15) is 5.82 Å². The molecule has 1 aliphatic carbocycles. The van der Waals surface area contributed by atoms with Crippen molar-refractivity contribution in [1.82, 2.24) is 0 Å². The van der Waals surface area contributed by atoms with Crippen LogP contribution in [-0.4, -0.2) is 0 Å². The number of nitrogens with two attached hydrogens (primary N) is 1. The predicted molar refractivity (Wildman–Crippen MR) is 69.2 cm³/mol. The second-order valence-corrected chi connectivity index (χ2v) is 5.82. The first-order valence-electron chi connectivity index (χ1n) is 6.48. The molecule has 1 aromatic rings. The lowest BCUT2D eigenvalue weighted by atomic mass is 9.69. The summed E-state index contributed by atoms with van der Waals surface area (Å²) < 4.78 is 13.3. The van der Waals surface area contributed by atoms with E-state index in [2.05, 4.69) is 13.8 Å². The molecule has 2 heteroatoms. The fraction of sp³-hybridized carbons (Fsp3) is 0.600. The Bertz CT molecular complexity index is 415. The normalized spacial score (nSPS) is 33.7. The Hall–Kier alpha value is -0.890. The standard InChI is InChI=1S/C15H22FN/c1-10-6-7-15(17,9-12(10)3)13-4-5-14(16)11(2)8-13/h4-5,8,10,12H,6-7,9,17H2,1-3H3. The van der Waals surface area contributed by atoms with Gasteiger partial charge in [-0.1, -0.05) is 26.0 Å². The minimum atomic E-state index is -0.260. The zero-order chi connectivity index (χ0) is 12.6. The molecule has 0 aliphatic heterocycles. The Labute approximate surface area is 103 Å². The van der Waals surface area contributed by atoms with Gasteiger partial charge in [0.25, 0.3) is 0 Å². The third-order valence-electron chi connectivity index (χ3n) is 4.44. The van der Waals surface area contributed by atoms with E-state index in [0.717, 1.165) is 30.7 Å². The third-order valence-corrected chi connectivity index (χ3v) is 4.44. The van der Waals surface area contributed by atoms with Gasteiger partial charge < -0.3 is 5.73 Å². The minimum Gasteiger partial charge on any atom is -0.321 e. The molecular formula is C15H22FN. The van der Waals surface area contributed by atoms with Crippen LogP contribution in [0.1, 0.15) is 44.2 Å². The molecule has 1 aliphatic rings. The zero-order valence-corrected chi connectivity index (χ0v) is 11.0. The first-order valence-corrected chi connectivity index (χ1v) is 6.48. The first kappa shape index (κ1) is 12.6. The summed E-state index contributed by atoms with van der Waals surface area (Å²) in [4.78, 5) is 0. The molecule has 3 unspecified atom stereocenters. The third kappa shape index (κ3) is 2.37. The van der Waals surface area contributed by atoms with Crippen molar-refractivity contribution in [1.29, 1.82) is 0 Å². The molecule has 1 fully saturated rings. The highest BCUT2D eigenvalue weighted by Crippen LogP contribution is 2.40. The summed E-state index contributed by atoms with van der Waals surface area (Å²) in [7, 11) is 0. The highest BCUT2D eigenvalue weighted by molar-refractivity contribution is 5.30. The number of rotatable bonds is 1. The quantitative estimate of drug-likeness (QED) is 0.788. The Kier molecular flexibility index (Phi) is 3.26. The van der Waals surface area contributed by atoms with Crippen LogP contribution >= 0.6 is 0 Å². The monoisotopic (exact) mass is 235 g/mol. The van der Waals surface area contributed by atoms with E-state index in [0.29, 0.717) is 11.5 Å². The van der Waals surface area contributed by atoms with Gasteiger partial charge in [-0.3, -0.25) is 0 Å². The van der Waals surface area contributed by atoms with Crippen LogP contribution in [0, 0.1) is 24.6 Å². The predicted octanol–water partition coefficient (Wildman–Crippen LogP) is 3.74. The van der Waals surface area contributed by atoms with Crippen molar-refractivity contribution in [3.63, 3.8) is 0 Å². The summed E-state index contributed by atoms with van der Waals surface area (Å²) in [5, 5.41) is 0. The van der Waals surface area contributed by atoms with Crippen LogP contribution in [0.5, 0.6) is 0 Å². The molecule has 0 amide bonds. The van der Waals surface area contributed by atoms with Gasteiger partial charge in [-0.15, -0.1) is 0 Å². The molecule has 17 heavy (non-hydrogen) atoms. The van der Waals surface area contributed by atoms with Crippen LogP contribution in [0.25, 0.3) is 0 Å². The topological polar surface area (TPSA) is 26.0 Å². The van der Waals surface area contributed by atoms with Crippen LogP contribution in [0.15, 0.2) is 18.2 Å². The van der Waals surface area contributed by atoms with Gasteiger partial charge in [-0.25, -0.2) is 4.39 Å². The van der Waals surface area contributed by atoms with Gasteiger partial charge in [0.15, 0.2) is 0 Å². The maximum absolute atomic E-state index is 13.3. The lowest BCUT2D eigenvalue weighted by Crippen LogP contribution is -2.43. The molecule has 0 aromatic heterocycles. The van der Waals surface area contributed by atoms with Gasteiger partial charge in [0.2, 0.25) is 0 Å². The van der Waals surface area contributed by atoms with Gasteiger partial charge in [0, 0.05) is 5.54 Å². The molecule has 2 rings (SSSR count). The number of hydrogen-bond donors (Lipinski definition) is 1. The molecule has 0 saturated heterocycles. The van der Waals surface area contributed by atoms with Crippen LogP contribution in [0.4, 0.5) is 4.39 Å². The van der Waals surface area contributed by atoms with Crippen molar-refractivity contribution < 1.29 is 4.39 Å². The zero-order valence-electron chi connectivity index (χ0n) is 11.0. The van der Waals surface area contributed by atoms with E-state index in [9.17, 15) is 4.39 Å². The minimum absolute atomic E-state index is 0.144. The summed E-state index contributed by atoms with van der Waals surface area (Å²) in [6.45, 7) is 6.36. The van der Waals surface area contributed by atoms with Crippen LogP contribution in [0.3, 0.4) is 0 Å². The lowest BCUT2D eigenvalue weighted by molar-refractivity contribution is 0.177. The van der Waals surface area contributed by atoms with Crippen LogP contribution in [-0.2, 0) is 5.54 Å². The van der Waals surface area contributed by atoms with E-state index in [-0.39, 0.29) is 11.4 Å². The molecule has 3 atom stereocenters. The van der Waals surface area contributed by atoms with E-state index in [1.807, 2.05) is 12.1 Å². The second kappa shape index (κ2) is 4.41. The van der Waals surface area contributed by atoms with E-state index in [1.54, 1.807) is 13.0 Å². The Morgan fingerprint density at radius 3 is 2.59 bits per heavy atom. The molecule has 1 nitrogen and oxygen atoms in total. The summed E-state index contributed by atoms with van der Waals surface area (Å²) in [5.41, 5.74) is 8.06. The number of aryl methyl sites for hydroxylation is 1.